The summed E-state index contributed by atoms with van der Waals surface area (Å²) in [6.45, 7) is 5.55. The first-order chi connectivity index (χ1) is 13.3. The van der Waals surface area contributed by atoms with Crippen LogP contribution in [0.4, 0.5) is 4.79 Å². The molecule has 1 aliphatic rings. The highest BCUT2D eigenvalue weighted by Crippen LogP contribution is 2.20. The van der Waals surface area contributed by atoms with Crippen LogP contribution < -0.4 is 5.32 Å². The SMILES string of the molecule is Cc1cnc(C(=O)N2CCC[C@@H](N(C)C(=O)NCc3ccc(Cl)c(C)c3)C2)s1. The van der Waals surface area contributed by atoms with Gasteiger partial charge in [-0.25, -0.2) is 9.78 Å². The number of nitrogens with zero attached hydrogens (tertiary/aromatic N) is 3. The molecule has 1 fully saturated rings. The number of aryl methyl sites for hydroxylation is 2. The molecule has 150 valence electrons. The van der Waals surface area contributed by atoms with E-state index in [-0.39, 0.29) is 18.0 Å². The molecule has 8 heteroatoms. The van der Waals surface area contributed by atoms with E-state index in [1.165, 1.54) is 11.3 Å². The molecule has 3 amide bonds. The minimum absolute atomic E-state index is 0.00860. The molecule has 1 saturated heterocycles. The van der Waals surface area contributed by atoms with Crippen molar-refractivity contribution in [2.24, 2.45) is 0 Å². The molecule has 0 bridgehead atoms. The third-order valence-corrected chi connectivity index (χ3v) is 6.35. The number of thiazole rings is 1. The van der Waals surface area contributed by atoms with Gasteiger partial charge in [0.1, 0.15) is 0 Å². The average Bonchev–Trinajstić information content (AvgIpc) is 3.13. The Morgan fingerprint density at radius 2 is 2.18 bits per heavy atom. The van der Waals surface area contributed by atoms with Crippen molar-refractivity contribution in [2.75, 3.05) is 20.1 Å². The molecule has 0 unspecified atom stereocenters. The lowest BCUT2D eigenvalue weighted by atomic mass is 10.0. The molecule has 1 N–H and O–H groups in total. The number of hydrogen-bond acceptors (Lipinski definition) is 4. The van der Waals surface area contributed by atoms with E-state index in [2.05, 4.69) is 10.3 Å². The van der Waals surface area contributed by atoms with Gasteiger partial charge >= 0.3 is 6.03 Å². The van der Waals surface area contributed by atoms with Crippen molar-refractivity contribution in [2.45, 2.75) is 39.3 Å². The summed E-state index contributed by atoms with van der Waals surface area (Å²) >= 11 is 7.46. The Morgan fingerprint density at radius 1 is 1.39 bits per heavy atom. The zero-order chi connectivity index (χ0) is 20.3. The summed E-state index contributed by atoms with van der Waals surface area (Å²) in [4.78, 5) is 34.0. The molecule has 2 heterocycles. The Bertz CT molecular complexity index is 870. The fourth-order valence-electron chi connectivity index (χ4n) is 3.33. The van der Waals surface area contributed by atoms with Crippen LogP contribution in [0.15, 0.2) is 24.4 Å². The van der Waals surface area contributed by atoms with Crippen LogP contribution in [0.2, 0.25) is 5.02 Å². The third kappa shape index (κ3) is 4.83. The fraction of sp³-hybridized carbons (Fsp3) is 0.450. The van der Waals surface area contributed by atoms with Crippen molar-refractivity contribution in [3.63, 3.8) is 0 Å². The summed E-state index contributed by atoms with van der Waals surface area (Å²) in [6, 6.07) is 5.57. The summed E-state index contributed by atoms with van der Waals surface area (Å²) in [5, 5.41) is 4.19. The van der Waals surface area contributed by atoms with Crippen LogP contribution in [0.1, 0.15) is 38.6 Å². The number of carbonyl (C=O) groups is 2. The predicted molar refractivity (Wildman–Crippen MR) is 112 cm³/mol. The van der Waals surface area contributed by atoms with Gasteiger partial charge in [-0.2, -0.15) is 0 Å². The number of carbonyl (C=O) groups excluding carboxylic acids is 2. The van der Waals surface area contributed by atoms with Crippen LogP contribution in [0.3, 0.4) is 0 Å². The molecular formula is C20H25ClN4O2S. The number of likely N-dealkylation sites (N-methyl/N-ethyl adjacent to an activating group) is 1. The van der Waals surface area contributed by atoms with E-state index in [9.17, 15) is 9.59 Å². The van der Waals surface area contributed by atoms with Crippen molar-refractivity contribution >= 4 is 34.9 Å². The summed E-state index contributed by atoms with van der Waals surface area (Å²) in [6.07, 6.45) is 3.47. The number of urea groups is 1. The van der Waals surface area contributed by atoms with E-state index < -0.39 is 0 Å². The van der Waals surface area contributed by atoms with Gasteiger partial charge in [-0.05, 0) is 43.9 Å². The lowest BCUT2D eigenvalue weighted by Gasteiger charge is -2.37. The lowest BCUT2D eigenvalue weighted by Crippen LogP contribution is -2.52. The van der Waals surface area contributed by atoms with Gasteiger partial charge < -0.3 is 15.1 Å². The summed E-state index contributed by atoms with van der Waals surface area (Å²) < 4.78 is 0. The minimum Gasteiger partial charge on any atom is -0.335 e. The number of aromatic nitrogens is 1. The van der Waals surface area contributed by atoms with Gasteiger partial charge in [0.2, 0.25) is 0 Å². The van der Waals surface area contributed by atoms with Crippen LogP contribution in [0, 0.1) is 13.8 Å². The maximum absolute atomic E-state index is 12.7. The first kappa shape index (κ1) is 20.6. The van der Waals surface area contributed by atoms with Gasteiger partial charge in [0.25, 0.3) is 5.91 Å². The molecule has 0 radical (unpaired) electrons. The normalized spacial score (nSPS) is 16.7. The van der Waals surface area contributed by atoms with Gasteiger partial charge in [-0.3, -0.25) is 4.79 Å². The van der Waals surface area contributed by atoms with Crippen molar-refractivity contribution < 1.29 is 9.59 Å². The van der Waals surface area contributed by atoms with Gasteiger partial charge in [0.05, 0.1) is 6.04 Å². The Morgan fingerprint density at radius 3 is 2.86 bits per heavy atom. The molecule has 0 aliphatic carbocycles. The van der Waals surface area contributed by atoms with E-state index in [1.54, 1.807) is 23.0 Å². The second kappa shape index (κ2) is 8.92. The zero-order valence-electron chi connectivity index (χ0n) is 16.4. The Kier molecular flexibility index (Phi) is 6.57. The zero-order valence-corrected chi connectivity index (χ0v) is 17.9. The van der Waals surface area contributed by atoms with Crippen molar-refractivity contribution in [3.8, 4) is 0 Å². The second-order valence-electron chi connectivity index (χ2n) is 7.18. The highest BCUT2D eigenvalue weighted by atomic mass is 35.5. The molecule has 0 saturated carbocycles. The molecule has 3 rings (SSSR count). The van der Waals surface area contributed by atoms with Crippen molar-refractivity contribution in [3.05, 3.63) is 50.4 Å². The number of rotatable bonds is 4. The summed E-state index contributed by atoms with van der Waals surface area (Å²) in [5.74, 6) is -0.0479. The minimum atomic E-state index is -0.142. The third-order valence-electron chi connectivity index (χ3n) is 5.02. The second-order valence-corrected chi connectivity index (χ2v) is 8.82. The van der Waals surface area contributed by atoms with Crippen LogP contribution in [0.5, 0.6) is 0 Å². The molecule has 0 spiro atoms. The summed E-state index contributed by atoms with van der Waals surface area (Å²) in [7, 11) is 1.79. The predicted octanol–water partition coefficient (Wildman–Crippen LogP) is 3.86. The maximum Gasteiger partial charge on any atom is 0.317 e. The van der Waals surface area contributed by atoms with Crippen LogP contribution in [-0.2, 0) is 6.54 Å². The molecule has 2 aromatic rings. The van der Waals surface area contributed by atoms with Gasteiger partial charge in [0.15, 0.2) is 5.01 Å². The molecular weight excluding hydrogens is 396 g/mol. The van der Waals surface area contributed by atoms with E-state index in [4.69, 9.17) is 11.6 Å². The van der Waals surface area contributed by atoms with Gasteiger partial charge in [-0.15, -0.1) is 11.3 Å². The highest BCUT2D eigenvalue weighted by molar-refractivity contribution is 7.13. The molecule has 1 aromatic carbocycles. The van der Waals surface area contributed by atoms with Gasteiger partial charge in [0, 0.05) is 42.8 Å². The molecule has 28 heavy (non-hydrogen) atoms. The smallest absolute Gasteiger partial charge is 0.317 e. The van der Waals surface area contributed by atoms with E-state index >= 15 is 0 Å². The molecule has 1 aliphatic heterocycles. The molecule has 1 aromatic heterocycles. The van der Waals surface area contributed by atoms with E-state index in [0.717, 1.165) is 33.9 Å². The number of benzene rings is 1. The maximum atomic E-state index is 12.7. The largest absolute Gasteiger partial charge is 0.335 e. The monoisotopic (exact) mass is 420 g/mol. The van der Waals surface area contributed by atoms with Crippen LogP contribution in [0.25, 0.3) is 0 Å². The Labute approximate surface area is 174 Å². The van der Waals surface area contributed by atoms with Crippen molar-refractivity contribution in [1.29, 1.82) is 0 Å². The standard InChI is InChI=1S/C20H25ClN4O2S/c1-13-9-15(6-7-17(13)21)11-23-20(27)24(3)16-5-4-8-25(12-16)19(26)18-22-10-14(2)28-18/h6-7,9-10,16H,4-5,8,11-12H2,1-3H3,(H,23,27)/t16-/m1/s1. The first-order valence-electron chi connectivity index (χ1n) is 9.32. The highest BCUT2D eigenvalue weighted by Gasteiger charge is 2.30. The number of likely N-dealkylation sites (tertiary alicyclic amines) is 1. The van der Waals surface area contributed by atoms with Crippen LogP contribution in [-0.4, -0.2) is 52.9 Å². The number of hydrogen-bond donors (Lipinski definition) is 1. The van der Waals surface area contributed by atoms with E-state index in [0.29, 0.717) is 24.6 Å². The Balaban J connectivity index is 1.56. The summed E-state index contributed by atoms with van der Waals surface area (Å²) in [5.41, 5.74) is 1.99. The number of amides is 3. The van der Waals surface area contributed by atoms with Crippen LogP contribution >= 0.6 is 22.9 Å². The first-order valence-corrected chi connectivity index (χ1v) is 10.5. The lowest BCUT2D eigenvalue weighted by molar-refractivity contribution is 0.0636. The van der Waals surface area contributed by atoms with Gasteiger partial charge in [-0.1, -0.05) is 23.7 Å². The molecule has 1 atom stereocenters. The van der Waals surface area contributed by atoms with Crippen molar-refractivity contribution in [1.82, 2.24) is 20.1 Å². The number of nitrogens with one attached hydrogen (secondary N) is 1. The number of halogens is 1. The van der Waals surface area contributed by atoms with E-state index in [1.807, 2.05) is 32.0 Å². The fourth-order valence-corrected chi connectivity index (χ4v) is 4.18. The number of piperidine rings is 1. The quantitative estimate of drug-likeness (QED) is 0.816. The Hall–Kier alpha value is -2.12. The topological polar surface area (TPSA) is 65.5 Å². The average molecular weight is 421 g/mol. The molecule has 6 nitrogen and oxygen atoms in total.